The Balaban J connectivity index is 2.25. The molecule has 2 atom stereocenters. The molecule has 0 radical (unpaired) electrons. The molecule has 0 bridgehead atoms. The minimum absolute atomic E-state index is 0.120. The molecular formula is C14H18N2O3. The maximum absolute atomic E-state index is 12.4. The summed E-state index contributed by atoms with van der Waals surface area (Å²) in [5, 5.41) is 2.67. The Kier molecular flexibility index (Phi) is 3.85. The lowest BCUT2D eigenvalue weighted by Gasteiger charge is -2.16. The summed E-state index contributed by atoms with van der Waals surface area (Å²) in [7, 11) is 0. The molecule has 0 aromatic heterocycles. The average molecular weight is 262 g/mol. The minimum Gasteiger partial charge on any atom is -0.493 e. The summed E-state index contributed by atoms with van der Waals surface area (Å²) >= 11 is 0. The number of ketones is 1. The molecule has 1 aliphatic rings. The molecule has 0 saturated carbocycles. The van der Waals surface area contributed by atoms with Crippen LogP contribution in [0.2, 0.25) is 0 Å². The number of hydrogen-bond acceptors (Lipinski definition) is 4. The van der Waals surface area contributed by atoms with Crippen molar-refractivity contribution in [3.05, 3.63) is 29.3 Å². The zero-order chi connectivity index (χ0) is 14.0. The van der Waals surface area contributed by atoms with E-state index in [9.17, 15) is 9.59 Å². The van der Waals surface area contributed by atoms with Crippen LogP contribution < -0.4 is 15.8 Å². The zero-order valence-electron chi connectivity index (χ0n) is 11.1. The van der Waals surface area contributed by atoms with Crippen LogP contribution in [0.1, 0.15) is 29.3 Å². The van der Waals surface area contributed by atoms with Crippen LogP contribution in [0.15, 0.2) is 18.2 Å². The number of nitrogens with two attached hydrogens (primary N) is 1. The Morgan fingerprint density at radius 2 is 2.26 bits per heavy atom. The van der Waals surface area contributed by atoms with E-state index in [1.807, 2.05) is 13.0 Å². The summed E-state index contributed by atoms with van der Waals surface area (Å²) in [5.74, 6) is 0.132. The Labute approximate surface area is 112 Å². The molecule has 102 valence electrons. The van der Waals surface area contributed by atoms with E-state index in [4.69, 9.17) is 10.5 Å². The fourth-order valence-electron chi connectivity index (χ4n) is 2.01. The fourth-order valence-corrected chi connectivity index (χ4v) is 2.01. The predicted molar refractivity (Wildman–Crippen MR) is 71.2 cm³/mol. The van der Waals surface area contributed by atoms with Crippen molar-refractivity contribution in [2.24, 2.45) is 5.73 Å². The third kappa shape index (κ3) is 2.93. The number of benzene rings is 1. The van der Waals surface area contributed by atoms with Gasteiger partial charge in [-0.15, -0.1) is 0 Å². The van der Waals surface area contributed by atoms with Gasteiger partial charge in [-0.1, -0.05) is 11.6 Å². The SMILES string of the molecule is Cc1ccc2c(c1)C(=O)C(NC(=O)C(C)N)CCO2. The van der Waals surface area contributed by atoms with E-state index in [0.29, 0.717) is 24.3 Å². The Morgan fingerprint density at radius 3 is 2.95 bits per heavy atom. The lowest BCUT2D eigenvalue weighted by Crippen LogP contribution is -2.47. The van der Waals surface area contributed by atoms with Crippen LogP contribution in [-0.2, 0) is 4.79 Å². The van der Waals surface area contributed by atoms with Gasteiger partial charge in [-0.2, -0.15) is 0 Å². The second-order valence-electron chi connectivity index (χ2n) is 4.85. The summed E-state index contributed by atoms with van der Waals surface area (Å²) in [6.45, 7) is 3.89. The van der Waals surface area contributed by atoms with E-state index < -0.39 is 12.1 Å². The van der Waals surface area contributed by atoms with Crippen molar-refractivity contribution in [3.63, 3.8) is 0 Å². The molecule has 1 aromatic rings. The lowest BCUT2D eigenvalue weighted by atomic mass is 10.00. The van der Waals surface area contributed by atoms with Crippen LogP contribution in [0, 0.1) is 6.92 Å². The quantitative estimate of drug-likeness (QED) is 0.825. The van der Waals surface area contributed by atoms with Gasteiger partial charge in [0.25, 0.3) is 0 Å². The van der Waals surface area contributed by atoms with Crippen molar-refractivity contribution in [3.8, 4) is 5.75 Å². The number of fused-ring (bicyclic) bond motifs is 1. The number of carbonyl (C=O) groups is 2. The number of nitrogens with one attached hydrogen (secondary N) is 1. The van der Waals surface area contributed by atoms with Crippen molar-refractivity contribution in [2.75, 3.05) is 6.61 Å². The number of ether oxygens (including phenoxy) is 1. The molecule has 1 aromatic carbocycles. The van der Waals surface area contributed by atoms with Gasteiger partial charge in [0.15, 0.2) is 5.78 Å². The summed E-state index contributed by atoms with van der Waals surface area (Å²) in [6.07, 6.45) is 0.449. The highest BCUT2D eigenvalue weighted by Gasteiger charge is 2.28. The normalized spacial score (nSPS) is 19.9. The largest absolute Gasteiger partial charge is 0.493 e. The molecule has 5 nitrogen and oxygen atoms in total. The first-order valence-electron chi connectivity index (χ1n) is 6.32. The first-order valence-corrected chi connectivity index (χ1v) is 6.32. The highest BCUT2D eigenvalue weighted by atomic mass is 16.5. The first kappa shape index (κ1) is 13.5. The third-order valence-corrected chi connectivity index (χ3v) is 3.11. The van der Waals surface area contributed by atoms with Crippen molar-refractivity contribution < 1.29 is 14.3 Å². The second kappa shape index (κ2) is 5.40. The van der Waals surface area contributed by atoms with Crippen molar-refractivity contribution in [2.45, 2.75) is 32.4 Å². The van der Waals surface area contributed by atoms with Crippen molar-refractivity contribution >= 4 is 11.7 Å². The third-order valence-electron chi connectivity index (χ3n) is 3.11. The molecule has 1 aliphatic heterocycles. The monoisotopic (exact) mass is 262 g/mol. The molecule has 2 unspecified atom stereocenters. The Hall–Kier alpha value is -1.88. The van der Waals surface area contributed by atoms with Gasteiger partial charge in [-0.25, -0.2) is 0 Å². The summed E-state index contributed by atoms with van der Waals surface area (Å²) in [4.78, 5) is 24.0. The molecule has 0 fully saturated rings. The minimum atomic E-state index is -0.631. The van der Waals surface area contributed by atoms with Crippen LogP contribution in [0.3, 0.4) is 0 Å². The van der Waals surface area contributed by atoms with Crippen molar-refractivity contribution in [1.29, 1.82) is 0 Å². The molecular weight excluding hydrogens is 244 g/mol. The standard InChI is InChI=1S/C14H18N2O3/c1-8-3-4-12-10(7-8)13(17)11(5-6-19-12)16-14(18)9(2)15/h3-4,7,9,11H,5-6,15H2,1-2H3,(H,16,18). The number of hydrogen-bond donors (Lipinski definition) is 2. The Bertz CT molecular complexity index is 511. The number of aryl methyl sites for hydroxylation is 1. The summed E-state index contributed by atoms with van der Waals surface area (Å²) < 4.78 is 5.54. The second-order valence-corrected chi connectivity index (χ2v) is 4.85. The number of amides is 1. The highest BCUT2D eigenvalue weighted by Crippen LogP contribution is 2.25. The number of Topliss-reactive ketones (excluding diaryl/α,β-unsaturated/α-hetero) is 1. The first-order chi connectivity index (χ1) is 8.99. The molecule has 0 aliphatic carbocycles. The van der Waals surface area contributed by atoms with Crippen molar-refractivity contribution in [1.82, 2.24) is 5.32 Å². The molecule has 0 spiro atoms. The summed E-state index contributed by atoms with van der Waals surface area (Å²) in [5.41, 5.74) is 7.00. The zero-order valence-corrected chi connectivity index (χ0v) is 11.1. The molecule has 1 heterocycles. The van der Waals surface area contributed by atoms with Gasteiger partial charge in [0.05, 0.1) is 24.3 Å². The van der Waals surface area contributed by atoms with Gasteiger partial charge in [0.1, 0.15) is 5.75 Å². The van der Waals surface area contributed by atoms with E-state index in [1.54, 1.807) is 19.1 Å². The van der Waals surface area contributed by atoms with E-state index in [2.05, 4.69) is 5.32 Å². The fraction of sp³-hybridized carbons (Fsp3) is 0.429. The molecule has 3 N–H and O–H groups in total. The van der Waals surface area contributed by atoms with Crippen LogP contribution in [0.4, 0.5) is 0 Å². The molecule has 5 heteroatoms. The van der Waals surface area contributed by atoms with Crippen LogP contribution in [0.5, 0.6) is 5.75 Å². The topological polar surface area (TPSA) is 81.4 Å². The lowest BCUT2D eigenvalue weighted by molar-refractivity contribution is -0.122. The highest BCUT2D eigenvalue weighted by molar-refractivity contribution is 6.04. The number of rotatable bonds is 2. The van der Waals surface area contributed by atoms with Gasteiger partial charge in [0, 0.05) is 6.42 Å². The summed E-state index contributed by atoms with van der Waals surface area (Å²) in [6, 6.07) is 4.27. The van der Waals surface area contributed by atoms with Gasteiger partial charge < -0.3 is 15.8 Å². The van der Waals surface area contributed by atoms with Crippen LogP contribution >= 0.6 is 0 Å². The van der Waals surface area contributed by atoms with Gasteiger partial charge in [-0.05, 0) is 26.0 Å². The smallest absolute Gasteiger partial charge is 0.237 e. The average Bonchev–Trinajstić information content (AvgIpc) is 2.51. The van der Waals surface area contributed by atoms with Gasteiger partial charge in [-0.3, -0.25) is 9.59 Å². The van der Waals surface area contributed by atoms with Crippen LogP contribution in [0.25, 0.3) is 0 Å². The maximum Gasteiger partial charge on any atom is 0.237 e. The number of carbonyl (C=O) groups excluding carboxylic acids is 2. The maximum atomic E-state index is 12.4. The van der Waals surface area contributed by atoms with E-state index >= 15 is 0 Å². The van der Waals surface area contributed by atoms with Gasteiger partial charge >= 0.3 is 0 Å². The van der Waals surface area contributed by atoms with E-state index in [-0.39, 0.29) is 11.7 Å². The van der Waals surface area contributed by atoms with Gasteiger partial charge in [0.2, 0.25) is 5.91 Å². The molecule has 2 rings (SSSR count). The van der Waals surface area contributed by atoms with Crippen LogP contribution in [-0.4, -0.2) is 30.4 Å². The van der Waals surface area contributed by atoms with E-state index in [1.165, 1.54) is 0 Å². The molecule has 1 amide bonds. The molecule has 19 heavy (non-hydrogen) atoms. The predicted octanol–water partition coefficient (Wildman–Crippen LogP) is 0.792. The molecule has 0 saturated heterocycles. The van der Waals surface area contributed by atoms with E-state index in [0.717, 1.165) is 5.56 Å². The Morgan fingerprint density at radius 1 is 1.53 bits per heavy atom.